The second-order valence-electron chi connectivity index (χ2n) is 8.08. The Morgan fingerprint density at radius 2 is 1.70 bits per heavy atom. The zero-order valence-corrected chi connectivity index (χ0v) is 18.4. The minimum absolute atomic E-state index is 0.132. The van der Waals surface area contributed by atoms with Gasteiger partial charge in [0.25, 0.3) is 0 Å². The molecule has 0 saturated carbocycles. The van der Waals surface area contributed by atoms with Crippen LogP contribution in [0.3, 0.4) is 0 Å². The first-order chi connectivity index (χ1) is 15.7. The van der Waals surface area contributed by atoms with Gasteiger partial charge in [0.15, 0.2) is 0 Å². The van der Waals surface area contributed by atoms with Crippen LogP contribution < -0.4 is 15.0 Å². The normalized spacial score (nSPS) is 17.3. The minimum atomic E-state index is -4.71. The molecule has 4 rings (SSSR count). The number of carbonyl (C=O) groups excluding carboxylic acids is 1. The molecule has 2 aromatic carbocycles. The van der Waals surface area contributed by atoms with Gasteiger partial charge in [-0.25, -0.2) is 0 Å². The van der Waals surface area contributed by atoms with Gasteiger partial charge in [0.2, 0.25) is 5.91 Å². The minimum Gasteiger partial charge on any atom is -0.406 e. The Kier molecular flexibility index (Phi) is 6.83. The highest BCUT2D eigenvalue weighted by atomic mass is 35.5. The molecule has 0 bridgehead atoms. The molecule has 1 atom stereocenters. The van der Waals surface area contributed by atoms with Crippen molar-refractivity contribution in [3.05, 3.63) is 64.7 Å². The van der Waals surface area contributed by atoms with Crippen LogP contribution in [0.2, 0.25) is 5.02 Å². The third-order valence-corrected chi connectivity index (χ3v) is 6.11. The zero-order chi connectivity index (χ0) is 23.6. The largest absolute Gasteiger partial charge is 0.573 e. The maximum Gasteiger partial charge on any atom is 0.573 e. The van der Waals surface area contributed by atoms with Gasteiger partial charge in [-0.05, 0) is 47.5 Å². The summed E-state index contributed by atoms with van der Waals surface area (Å²) in [4.78, 5) is 16.6. The molecule has 2 aliphatic heterocycles. The van der Waals surface area contributed by atoms with E-state index in [2.05, 4.69) is 19.9 Å². The lowest BCUT2D eigenvalue weighted by Crippen LogP contribution is -2.41. The van der Waals surface area contributed by atoms with Crippen LogP contribution in [0.5, 0.6) is 5.75 Å². The molecular weight excluding hydrogens is 459 g/mol. The maximum atomic E-state index is 12.5. The van der Waals surface area contributed by atoms with Crippen LogP contribution in [0, 0.1) is 0 Å². The van der Waals surface area contributed by atoms with E-state index in [4.69, 9.17) is 11.6 Å². The summed E-state index contributed by atoms with van der Waals surface area (Å²) in [7, 11) is 0. The van der Waals surface area contributed by atoms with Gasteiger partial charge in [0, 0.05) is 44.3 Å². The Balaban J connectivity index is 1.30. The van der Waals surface area contributed by atoms with E-state index >= 15 is 0 Å². The number of halogens is 4. The van der Waals surface area contributed by atoms with Crippen molar-refractivity contribution >= 4 is 28.9 Å². The number of aliphatic hydroxyl groups is 1. The molecule has 6 nitrogen and oxygen atoms in total. The average molecular weight is 482 g/mol. The van der Waals surface area contributed by atoms with Crippen molar-refractivity contribution in [2.75, 3.05) is 43.0 Å². The summed E-state index contributed by atoms with van der Waals surface area (Å²) in [5.74, 6) is -0.477. The van der Waals surface area contributed by atoms with E-state index in [1.165, 1.54) is 23.3 Å². The van der Waals surface area contributed by atoms with Crippen molar-refractivity contribution in [3.63, 3.8) is 0 Å². The summed E-state index contributed by atoms with van der Waals surface area (Å²) >= 11 is 6.09. The number of carbonyl (C=O) groups is 1. The Morgan fingerprint density at radius 1 is 1.06 bits per heavy atom. The van der Waals surface area contributed by atoms with Crippen LogP contribution in [-0.2, 0) is 4.79 Å². The number of hydrogen-bond acceptors (Lipinski definition) is 5. The van der Waals surface area contributed by atoms with Crippen LogP contribution in [0.1, 0.15) is 6.42 Å². The Hall–Kier alpha value is -2.75. The van der Waals surface area contributed by atoms with Gasteiger partial charge in [-0.15, -0.1) is 13.2 Å². The topological polar surface area (TPSA) is 65.0 Å². The molecule has 176 valence electrons. The van der Waals surface area contributed by atoms with Crippen molar-refractivity contribution in [3.8, 4) is 5.75 Å². The highest BCUT2D eigenvalue weighted by Crippen LogP contribution is 2.32. The fourth-order valence-electron chi connectivity index (χ4n) is 4.20. The quantitative estimate of drug-likeness (QED) is 0.584. The molecule has 0 aromatic heterocycles. The smallest absolute Gasteiger partial charge is 0.406 e. The molecule has 2 aromatic rings. The molecule has 2 heterocycles. The van der Waals surface area contributed by atoms with E-state index in [1.807, 2.05) is 0 Å². The van der Waals surface area contributed by atoms with E-state index in [0.29, 0.717) is 36.9 Å². The SMILES string of the molecule is O=C(CC(CO)N1CC2=C(CN(c3ccc(OC(F)(F)F)cc3)C2)C1)Nc1ccccc1Cl. The van der Waals surface area contributed by atoms with Gasteiger partial charge >= 0.3 is 6.36 Å². The first-order valence-electron chi connectivity index (χ1n) is 10.4. The predicted octanol–water partition coefficient (Wildman–Crippen LogP) is 4.06. The van der Waals surface area contributed by atoms with Crippen molar-refractivity contribution in [2.45, 2.75) is 18.8 Å². The molecule has 0 spiro atoms. The highest BCUT2D eigenvalue weighted by molar-refractivity contribution is 6.33. The second kappa shape index (κ2) is 9.62. The lowest BCUT2D eigenvalue weighted by molar-refractivity contribution is -0.274. The number of alkyl halides is 3. The molecule has 10 heteroatoms. The molecule has 0 fully saturated rings. The Bertz CT molecular complexity index is 1030. The number of nitrogens with zero attached hydrogens (tertiary/aromatic N) is 2. The van der Waals surface area contributed by atoms with Crippen LogP contribution >= 0.6 is 11.6 Å². The summed E-state index contributed by atoms with van der Waals surface area (Å²) in [5.41, 5.74) is 3.75. The van der Waals surface area contributed by atoms with Crippen molar-refractivity contribution in [2.24, 2.45) is 0 Å². The summed E-state index contributed by atoms with van der Waals surface area (Å²) in [6.07, 6.45) is -4.58. The first-order valence-corrected chi connectivity index (χ1v) is 10.8. The number of nitrogens with one attached hydrogen (secondary N) is 1. The molecule has 1 unspecified atom stereocenters. The van der Waals surface area contributed by atoms with E-state index in [-0.39, 0.29) is 30.7 Å². The summed E-state index contributed by atoms with van der Waals surface area (Å²) in [5, 5.41) is 13.1. The molecule has 33 heavy (non-hydrogen) atoms. The van der Waals surface area contributed by atoms with Crippen molar-refractivity contribution < 1.29 is 27.8 Å². The fraction of sp³-hybridized carbons (Fsp3) is 0.348. The number of amides is 1. The molecule has 0 aliphatic carbocycles. The number of hydrogen-bond donors (Lipinski definition) is 2. The molecule has 1 amide bonds. The number of benzene rings is 2. The number of aliphatic hydroxyl groups excluding tert-OH is 1. The molecule has 2 N–H and O–H groups in total. The number of ether oxygens (including phenoxy) is 1. The lowest BCUT2D eigenvalue weighted by atomic mass is 10.1. The van der Waals surface area contributed by atoms with E-state index in [1.54, 1.807) is 36.4 Å². The van der Waals surface area contributed by atoms with Crippen LogP contribution in [-0.4, -0.2) is 61.1 Å². The van der Waals surface area contributed by atoms with Crippen LogP contribution in [0.15, 0.2) is 59.7 Å². The predicted molar refractivity (Wildman–Crippen MR) is 120 cm³/mol. The third-order valence-electron chi connectivity index (χ3n) is 5.78. The Morgan fingerprint density at radius 3 is 2.27 bits per heavy atom. The average Bonchev–Trinajstić information content (AvgIpc) is 3.32. The van der Waals surface area contributed by atoms with E-state index in [0.717, 1.165) is 5.69 Å². The third kappa shape index (κ3) is 5.79. The molecule has 2 aliphatic rings. The standard InChI is InChI=1S/C23H23ClF3N3O3/c24-20-3-1-2-4-21(20)28-22(32)9-18(14-31)30-12-15-10-29(11-16(15)13-30)17-5-7-19(8-6-17)33-23(25,26)27/h1-8,18,31H,9-14H2,(H,28,32). The van der Waals surface area contributed by atoms with Crippen molar-refractivity contribution in [1.82, 2.24) is 4.90 Å². The van der Waals surface area contributed by atoms with Gasteiger partial charge < -0.3 is 20.1 Å². The number of anilines is 2. The number of para-hydroxylation sites is 1. The van der Waals surface area contributed by atoms with E-state index < -0.39 is 6.36 Å². The molecule has 0 radical (unpaired) electrons. The van der Waals surface area contributed by atoms with Gasteiger partial charge in [-0.1, -0.05) is 23.7 Å². The van der Waals surface area contributed by atoms with Crippen LogP contribution in [0.25, 0.3) is 0 Å². The fourth-order valence-corrected chi connectivity index (χ4v) is 4.38. The summed E-state index contributed by atoms with van der Waals surface area (Å²) in [6, 6.07) is 12.5. The molecule has 0 saturated heterocycles. The number of rotatable bonds is 7. The molecular formula is C23H23ClF3N3O3. The van der Waals surface area contributed by atoms with Crippen LogP contribution in [0.4, 0.5) is 24.5 Å². The van der Waals surface area contributed by atoms with Gasteiger partial charge in [0.05, 0.1) is 17.3 Å². The van der Waals surface area contributed by atoms with Gasteiger partial charge in [-0.2, -0.15) is 0 Å². The summed E-state index contributed by atoms with van der Waals surface area (Å²) < 4.78 is 41.0. The second-order valence-corrected chi connectivity index (χ2v) is 8.49. The van der Waals surface area contributed by atoms with Crippen molar-refractivity contribution in [1.29, 1.82) is 0 Å². The van der Waals surface area contributed by atoms with E-state index in [9.17, 15) is 23.1 Å². The summed E-state index contributed by atoms with van der Waals surface area (Å²) in [6.45, 7) is 2.41. The van der Waals surface area contributed by atoms with Gasteiger partial charge in [-0.3, -0.25) is 9.69 Å². The lowest BCUT2D eigenvalue weighted by Gasteiger charge is -2.29. The van der Waals surface area contributed by atoms with Gasteiger partial charge in [0.1, 0.15) is 5.75 Å². The monoisotopic (exact) mass is 481 g/mol. The Labute approximate surface area is 194 Å². The maximum absolute atomic E-state index is 12.5. The zero-order valence-electron chi connectivity index (χ0n) is 17.6. The highest BCUT2D eigenvalue weighted by Gasteiger charge is 2.34. The first kappa shape index (κ1) is 23.4.